The van der Waals surface area contributed by atoms with E-state index in [9.17, 15) is 20.4 Å². The molecule has 0 heterocycles. The number of aliphatic hydroxyl groups excluding tert-OH is 4. The predicted molar refractivity (Wildman–Crippen MR) is 111 cm³/mol. The van der Waals surface area contributed by atoms with Gasteiger partial charge in [-0.1, -0.05) is 55.4 Å². The van der Waals surface area contributed by atoms with E-state index in [1.807, 2.05) is 55.4 Å². The minimum Gasteiger partial charge on any atom is -0.393 e. The molecular formula is C22H48O4. The average molecular weight is 377 g/mol. The van der Waals surface area contributed by atoms with Crippen LogP contribution in [0.3, 0.4) is 0 Å². The van der Waals surface area contributed by atoms with Gasteiger partial charge in [0.15, 0.2) is 0 Å². The van der Waals surface area contributed by atoms with Crippen molar-refractivity contribution in [1.29, 1.82) is 0 Å². The van der Waals surface area contributed by atoms with E-state index in [1.54, 1.807) is 0 Å². The lowest BCUT2D eigenvalue weighted by atomic mass is 9.88. The van der Waals surface area contributed by atoms with Gasteiger partial charge in [-0.25, -0.2) is 0 Å². The van der Waals surface area contributed by atoms with Crippen molar-refractivity contribution >= 4 is 0 Å². The first-order valence-corrected chi connectivity index (χ1v) is 10.8. The molecule has 0 saturated carbocycles. The molecule has 8 atom stereocenters. The predicted octanol–water partition coefficient (Wildman–Crippen LogP) is 4.38. The summed E-state index contributed by atoms with van der Waals surface area (Å²) in [7, 11) is 0. The third-order valence-corrected chi connectivity index (χ3v) is 5.79. The van der Waals surface area contributed by atoms with Gasteiger partial charge in [-0.3, -0.25) is 0 Å². The second-order valence-corrected chi connectivity index (χ2v) is 8.28. The standard InChI is InChI=1S/2C11H24O2/c2*1-5-10(12)8(3)7-9(4)11(13)6-2/h2*8-13H,5-7H2,1-4H3. The van der Waals surface area contributed by atoms with Crippen molar-refractivity contribution in [3.8, 4) is 0 Å². The van der Waals surface area contributed by atoms with Crippen LogP contribution in [0.1, 0.15) is 93.9 Å². The van der Waals surface area contributed by atoms with Crippen molar-refractivity contribution in [2.75, 3.05) is 0 Å². The largest absolute Gasteiger partial charge is 0.393 e. The summed E-state index contributed by atoms with van der Waals surface area (Å²) >= 11 is 0. The minimum absolute atomic E-state index is 0.216. The second kappa shape index (κ2) is 15.9. The maximum absolute atomic E-state index is 9.55. The van der Waals surface area contributed by atoms with Crippen LogP contribution in [0.25, 0.3) is 0 Å². The smallest absolute Gasteiger partial charge is 0.0563 e. The Labute approximate surface area is 163 Å². The summed E-state index contributed by atoms with van der Waals surface area (Å²) in [6.07, 6.45) is 4.16. The van der Waals surface area contributed by atoms with Gasteiger partial charge in [0.1, 0.15) is 0 Å². The maximum atomic E-state index is 9.55. The molecule has 0 aliphatic heterocycles. The zero-order valence-corrected chi connectivity index (χ0v) is 18.7. The monoisotopic (exact) mass is 376 g/mol. The van der Waals surface area contributed by atoms with Crippen LogP contribution in [0.15, 0.2) is 0 Å². The van der Waals surface area contributed by atoms with Crippen LogP contribution in [-0.4, -0.2) is 44.8 Å². The van der Waals surface area contributed by atoms with Gasteiger partial charge in [-0.2, -0.15) is 0 Å². The lowest BCUT2D eigenvalue weighted by Gasteiger charge is -2.24. The van der Waals surface area contributed by atoms with Crippen molar-refractivity contribution < 1.29 is 20.4 Å². The zero-order valence-electron chi connectivity index (χ0n) is 18.7. The molecule has 0 radical (unpaired) electrons. The number of aliphatic hydroxyl groups is 4. The van der Waals surface area contributed by atoms with Gasteiger partial charge in [-0.05, 0) is 62.2 Å². The Morgan fingerprint density at radius 1 is 0.423 bits per heavy atom. The molecule has 4 heteroatoms. The fourth-order valence-corrected chi connectivity index (χ4v) is 3.41. The molecule has 0 fully saturated rings. The Balaban J connectivity index is 0. The highest BCUT2D eigenvalue weighted by Crippen LogP contribution is 2.21. The minimum atomic E-state index is -0.216. The molecule has 0 spiro atoms. The normalized spacial score (nSPS) is 20.8. The second-order valence-electron chi connectivity index (χ2n) is 8.28. The molecule has 0 aliphatic carbocycles. The van der Waals surface area contributed by atoms with Gasteiger partial charge >= 0.3 is 0 Å². The van der Waals surface area contributed by atoms with E-state index >= 15 is 0 Å². The highest BCUT2D eigenvalue weighted by Gasteiger charge is 2.20. The first-order valence-electron chi connectivity index (χ1n) is 10.8. The quantitative estimate of drug-likeness (QED) is 0.407. The Kier molecular flexibility index (Phi) is 17.1. The van der Waals surface area contributed by atoms with Crippen molar-refractivity contribution in [2.24, 2.45) is 23.7 Å². The molecule has 4 N–H and O–H groups in total. The molecule has 0 aromatic carbocycles. The zero-order chi connectivity index (χ0) is 20.9. The van der Waals surface area contributed by atoms with Crippen LogP contribution in [-0.2, 0) is 0 Å². The molecule has 0 saturated heterocycles. The lowest BCUT2D eigenvalue weighted by molar-refractivity contribution is 0.0600. The Bertz CT molecular complexity index is 253. The van der Waals surface area contributed by atoms with Gasteiger partial charge in [-0.15, -0.1) is 0 Å². The topological polar surface area (TPSA) is 80.9 Å². The first-order chi connectivity index (χ1) is 12.0. The summed E-state index contributed by atoms with van der Waals surface area (Å²) in [4.78, 5) is 0. The fraction of sp³-hybridized carbons (Fsp3) is 1.00. The molecule has 160 valence electrons. The van der Waals surface area contributed by atoms with Crippen molar-refractivity contribution in [2.45, 2.75) is 118 Å². The Morgan fingerprint density at radius 3 is 0.692 bits per heavy atom. The summed E-state index contributed by atoms with van der Waals surface area (Å²) in [5, 5.41) is 38.2. The van der Waals surface area contributed by atoms with Crippen molar-refractivity contribution in [3.05, 3.63) is 0 Å². The van der Waals surface area contributed by atoms with Gasteiger partial charge < -0.3 is 20.4 Å². The number of rotatable bonds is 12. The Morgan fingerprint density at radius 2 is 0.577 bits per heavy atom. The highest BCUT2D eigenvalue weighted by atomic mass is 16.3. The van der Waals surface area contributed by atoms with Gasteiger partial charge in [0, 0.05) is 0 Å². The maximum Gasteiger partial charge on any atom is 0.0563 e. The molecule has 8 unspecified atom stereocenters. The highest BCUT2D eigenvalue weighted by molar-refractivity contribution is 4.71. The molecular weight excluding hydrogens is 328 g/mol. The van der Waals surface area contributed by atoms with Crippen molar-refractivity contribution in [1.82, 2.24) is 0 Å². The van der Waals surface area contributed by atoms with E-state index in [2.05, 4.69) is 0 Å². The van der Waals surface area contributed by atoms with E-state index < -0.39 is 0 Å². The Hall–Kier alpha value is -0.160. The van der Waals surface area contributed by atoms with Crippen LogP contribution in [0.5, 0.6) is 0 Å². The molecule has 0 aromatic heterocycles. The molecule has 0 bridgehead atoms. The van der Waals surface area contributed by atoms with Gasteiger partial charge in [0.25, 0.3) is 0 Å². The van der Waals surface area contributed by atoms with E-state index in [-0.39, 0.29) is 24.4 Å². The van der Waals surface area contributed by atoms with E-state index in [4.69, 9.17) is 0 Å². The average Bonchev–Trinajstić information content (AvgIpc) is 2.64. The summed E-state index contributed by atoms with van der Waals surface area (Å²) in [6.45, 7) is 16.1. The van der Waals surface area contributed by atoms with E-state index in [1.165, 1.54) is 0 Å². The third-order valence-electron chi connectivity index (χ3n) is 5.79. The van der Waals surface area contributed by atoms with Crippen LogP contribution in [0.4, 0.5) is 0 Å². The van der Waals surface area contributed by atoms with E-state index in [0.717, 1.165) is 38.5 Å². The van der Waals surface area contributed by atoms with Gasteiger partial charge in [0.05, 0.1) is 24.4 Å². The summed E-state index contributed by atoms with van der Waals surface area (Å²) in [5.74, 6) is 1.17. The van der Waals surface area contributed by atoms with Crippen LogP contribution in [0.2, 0.25) is 0 Å². The third kappa shape index (κ3) is 12.3. The SMILES string of the molecule is CCC(O)C(C)CC(C)C(O)CC.CCC(O)C(C)CC(C)C(O)CC. The molecule has 0 rings (SSSR count). The van der Waals surface area contributed by atoms with Crippen LogP contribution in [0, 0.1) is 23.7 Å². The van der Waals surface area contributed by atoms with Gasteiger partial charge in [0.2, 0.25) is 0 Å². The first kappa shape index (κ1) is 28.1. The van der Waals surface area contributed by atoms with E-state index in [0.29, 0.717) is 23.7 Å². The summed E-state index contributed by atoms with van der Waals surface area (Å²) < 4.78 is 0. The van der Waals surface area contributed by atoms with Crippen LogP contribution < -0.4 is 0 Å². The molecule has 26 heavy (non-hydrogen) atoms. The number of hydrogen-bond acceptors (Lipinski definition) is 4. The fourth-order valence-electron chi connectivity index (χ4n) is 3.41. The molecule has 0 aliphatic rings. The molecule has 0 amide bonds. The summed E-state index contributed by atoms with van der Waals surface area (Å²) in [5.41, 5.74) is 0. The lowest BCUT2D eigenvalue weighted by Crippen LogP contribution is -2.24. The molecule has 0 aromatic rings. The summed E-state index contributed by atoms with van der Waals surface area (Å²) in [6, 6.07) is 0. The van der Waals surface area contributed by atoms with Crippen LogP contribution >= 0.6 is 0 Å². The van der Waals surface area contributed by atoms with Crippen molar-refractivity contribution in [3.63, 3.8) is 0 Å². The number of hydrogen-bond donors (Lipinski definition) is 4. The molecule has 4 nitrogen and oxygen atoms in total.